The second kappa shape index (κ2) is 8.78. The molecule has 1 amide bonds. The second-order valence-electron chi connectivity index (χ2n) is 8.09. The fourth-order valence-electron chi connectivity index (χ4n) is 4.54. The Bertz CT molecular complexity index is 1110. The summed E-state index contributed by atoms with van der Waals surface area (Å²) < 4.78 is 7.38. The van der Waals surface area contributed by atoms with Crippen LogP contribution in [0.25, 0.3) is 5.69 Å². The lowest BCUT2D eigenvalue weighted by atomic mass is 9.95. The molecule has 1 fully saturated rings. The first-order valence-electron chi connectivity index (χ1n) is 10.9. The maximum atomic E-state index is 12.5. The Balaban J connectivity index is 1.46. The van der Waals surface area contributed by atoms with Crippen LogP contribution in [-0.2, 0) is 17.8 Å². The molecule has 0 radical (unpaired) electrons. The van der Waals surface area contributed by atoms with E-state index in [4.69, 9.17) is 16.3 Å². The molecule has 2 aliphatic heterocycles. The smallest absolute Gasteiger partial charge is 0.410 e. The number of halogens is 1. The van der Waals surface area contributed by atoms with E-state index in [0.717, 1.165) is 54.6 Å². The molecule has 32 heavy (non-hydrogen) atoms. The summed E-state index contributed by atoms with van der Waals surface area (Å²) in [7, 11) is 0. The molecule has 3 aromatic rings. The van der Waals surface area contributed by atoms with Gasteiger partial charge in [-0.3, -0.25) is 9.47 Å². The van der Waals surface area contributed by atoms with Gasteiger partial charge in [-0.05, 0) is 55.7 Å². The molecule has 5 rings (SSSR count). The topological polar surface area (TPSA) is 76.4 Å². The van der Waals surface area contributed by atoms with E-state index in [0.29, 0.717) is 24.7 Å². The maximum Gasteiger partial charge on any atom is 0.410 e. The normalized spacial score (nSPS) is 16.3. The van der Waals surface area contributed by atoms with Crippen LogP contribution in [0.15, 0.2) is 42.6 Å². The third-order valence-electron chi connectivity index (χ3n) is 6.09. The molecule has 8 nitrogen and oxygen atoms in total. The molecule has 0 unspecified atom stereocenters. The van der Waals surface area contributed by atoms with E-state index in [1.165, 1.54) is 0 Å². The Morgan fingerprint density at radius 3 is 2.75 bits per heavy atom. The van der Waals surface area contributed by atoms with Gasteiger partial charge in [0, 0.05) is 30.2 Å². The van der Waals surface area contributed by atoms with Crippen molar-refractivity contribution in [3.63, 3.8) is 0 Å². The number of anilines is 1. The number of carbonyl (C=O) groups excluding carboxylic acids is 1. The number of carbonyl (C=O) groups is 1. The van der Waals surface area contributed by atoms with Crippen molar-refractivity contribution >= 4 is 23.5 Å². The third kappa shape index (κ3) is 3.90. The maximum absolute atomic E-state index is 12.5. The van der Waals surface area contributed by atoms with Crippen molar-refractivity contribution in [1.29, 1.82) is 0 Å². The summed E-state index contributed by atoms with van der Waals surface area (Å²) in [6, 6.07) is 11.8. The van der Waals surface area contributed by atoms with Gasteiger partial charge in [-0.2, -0.15) is 0 Å². The number of pyridine rings is 1. The first kappa shape index (κ1) is 20.8. The first-order valence-corrected chi connectivity index (χ1v) is 11.3. The SMILES string of the molecule is CCOC(=O)N1Cc2cc(Cl)ccc2-n2c(nnc2C2CCN(c3ccccn3)CC2)C1. The van der Waals surface area contributed by atoms with Gasteiger partial charge in [0.1, 0.15) is 11.6 Å². The van der Waals surface area contributed by atoms with Gasteiger partial charge in [-0.15, -0.1) is 10.2 Å². The van der Waals surface area contributed by atoms with Gasteiger partial charge in [-0.25, -0.2) is 9.78 Å². The number of amides is 1. The zero-order valence-corrected chi connectivity index (χ0v) is 18.7. The molecule has 0 spiro atoms. The molecular weight excluding hydrogens is 428 g/mol. The highest BCUT2D eigenvalue weighted by Crippen LogP contribution is 2.34. The van der Waals surface area contributed by atoms with E-state index in [9.17, 15) is 4.79 Å². The zero-order chi connectivity index (χ0) is 22.1. The molecule has 0 N–H and O–H groups in total. The molecule has 0 aliphatic carbocycles. The van der Waals surface area contributed by atoms with Crippen LogP contribution >= 0.6 is 11.6 Å². The van der Waals surface area contributed by atoms with Crippen LogP contribution < -0.4 is 4.90 Å². The van der Waals surface area contributed by atoms with Crippen molar-refractivity contribution in [2.45, 2.75) is 38.8 Å². The van der Waals surface area contributed by atoms with Crippen LogP contribution in [-0.4, -0.2) is 50.4 Å². The van der Waals surface area contributed by atoms with Crippen molar-refractivity contribution in [2.24, 2.45) is 0 Å². The monoisotopic (exact) mass is 452 g/mol. The van der Waals surface area contributed by atoms with Gasteiger partial charge < -0.3 is 9.64 Å². The molecule has 2 aromatic heterocycles. The Labute approximate surface area is 191 Å². The van der Waals surface area contributed by atoms with Crippen LogP contribution in [0.1, 0.15) is 42.9 Å². The van der Waals surface area contributed by atoms with E-state index in [1.807, 2.05) is 42.6 Å². The van der Waals surface area contributed by atoms with Gasteiger partial charge in [0.05, 0.1) is 25.4 Å². The standard InChI is InChI=1S/C23H25ClN6O2/c1-2-32-23(31)29-14-17-13-18(24)6-7-19(17)30-21(15-29)26-27-22(30)16-8-11-28(12-9-16)20-5-3-4-10-25-20/h3-7,10,13,16H,2,8-9,11-12,14-15H2,1H3. The largest absolute Gasteiger partial charge is 0.450 e. The van der Waals surface area contributed by atoms with E-state index in [2.05, 4.69) is 24.6 Å². The first-order chi connectivity index (χ1) is 15.6. The van der Waals surface area contributed by atoms with Crippen LogP contribution in [0.2, 0.25) is 5.02 Å². The molecule has 0 saturated carbocycles. The minimum atomic E-state index is -0.361. The number of hydrogen-bond donors (Lipinski definition) is 0. The lowest BCUT2D eigenvalue weighted by Gasteiger charge is -2.32. The van der Waals surface area contributed by atoms with Crippen LogP contribution in [0.4, 0.5) is 10.6 Å². The Kier molecular flexibility index (Phi) is 5.70. The number of hydrogen-bond acceptors (Lipinski definition) is 6. The average molecular weight is 453 g/mol. The van der Waals surface area contributed by atoms with Gasteiger partial charge in [-0.1, -0.05) is 17.7 Å². The lowest BCUT2D eigenvalue weighted by molar-refractivity contribution is 0.101. The van der Waals surface area contributed by atoms with Crippen molar-refractivity contribution in [3.05, 3.63) is 64.8 Å². The van der Waals surface area contributed by atoms with Crippen molar-refractivity contribution < 1.29 is 9.53 Å². The summed E-state index contributed by atoms with van der Waals surface area (Å²) in [6.07, 6.45) is 3.38. The van der Waals surface area contributed by atoms with E-state index in [1.54, 1.807) is 11.8 Å². The number of rotatable bonds is 3. The molecule has 9 heteroatoms. The van der Waals surface area contributed by atoms with E-state index >= 15 is 0 Å². The van der Waals surface area contributed by atoms with Gasteiger partial charge in [0.15, 0.2) is 5.82 Å². The minimum absolute atomic E-state index is 0.272. The molecule has 1 saturated heterocycles. The highest BCUT2D eigenvalue weighted by Gasteiger charge is 2.31. The van der Waals surface area contributed by atoms with Crippen LogP contribution in [0, 0.1) is 0 Å². The van der Waals surface area contributed by atoms with Crippen LogP contribution in [0.5, 0.6) is 0 Å². The van der Waals surface area contributed by atoms with E-state index in [-0.39, 0.29) is 12.0 Å². The molecule has 2 aliphatic rings. The summed E-state index contributed by atoms with van der Waals surface area (Å²) in [5, 5.41) is 9.71. The van der Waals surface area contributed by atoms with Gasteiger partial charge in [0.25, 0.3) is 0 Å². The number of ether oxygens (including phenoxy) is 1. The van der Waals surface area contributed by atoms with Crippen molar-refractivity contribution in [1.82, 2.24) is 24.6 Å². The summed E-state index contributed by atoms with van der Waals surface area (Å²) >= 11 is 6.30. The molecule has 166 valence electrons. The summed E-state index contributed by atoms with van der Waals surface area (Å²) in [5.41, 5.74) is 1.93. The number of aromatic nitrogens is 4. The molecule has 1 aromatic carbocycles. The molecule has 0 atom stereocenters. The number of piperidine rings is 1. The quantitative estimate of drug-likeness (QED) is 0.593. The summed E-state index contributed by atoms with van der Waals surface area (Å²) in [5.74, 6) is 2.96. The second-order valence-corrected chi connectivity index (χ2v) is 8.52. The average Bonchev–Trinajstić information content (AvgIpc) is 3.15. The minimum Gasteiger partial charge on any atom is -0.450 e. The summed E-state index contributed by atoms with van der Waals surface area (Å²) in [6.45, 7) is 4.70. The third-order valence-corrected chi connectivity index (χ3v) is 6.33. The fourth-order valence-corrected chi connectivity index (χ4v) is 4.74. The fraction of sp³-hybridized carbons (Fsp3) is 0.391. The number of benzene rings is 1. The van der Waals surface area contributed by atoms with Gasteiger partial charge in [0.2, 0.25) is 0 Å². The summed E-state index contributed by atoms with van der Waals surface area (Å²) in [4.78, 5) is 21.0. The highest BCUT2D eigenvalue weighted by molar-refractivity contribution is 6.30. The van der Waals surface area contributed by atoms with Crippen LogP contribution in [0.3, 0.4) is 0 Å². The van der Waals surface area contributed by atoms with Gasteiger partial charge >= 0.3 is 6.09 Å². The number of fused-ring (bicyclic) bond motifs is 3. The molecule has 4 heterocycles. The number of nitrogens with zero attached hydrogens (tertiary/aromatic N) is 6. The predicted molar refractivity (Wildman–Crippen MR) is 121 cm³/mol. The van der Waals surface area contributed by atoms with Crippen molar-refractivity contribution in [3.8, 4) is 5.69 Å². The predicted octanol–water partition coefficient (Wildman–Crippen LogP) is 4.17. The molecule has 0 bridgehead atoms. The molecular formula is C23H25ClN6O2. The lowest BCUT2D eigenvalue weighted by Crippen LogP contribution is -2.34. The zero-order valence-electron chi connectivity index (χ0n) is 17.9. The highest BCUT2D eigenvalue weighted by atomic mass is 35.5. The Morgan fingerprint density at radius 1 is 1.16 bits per heavy atom. The Morgan fingerprint density at radius 2 is 2.00 bits per heavy atom. The van der Waals surface area contributed by atoms with E-state index < -0.39 is 0 Å². The Hall–Kier alpha value is -3.13. The van der Waals surface area contributed by atoms with Crippen molar-refractivity contribution in [2.75, 3.05) is 24.6 Å².